The number of amides is 3. The van der Waals surface area contributed by atoms with E-state index in [-0.39, 0.29) is 29.1 Å². The Hall–Kier alpha value is -3.55. The van der Waals surface area contributed by atoms with Crippen molar-refractivity contribution in [2.24, 2.45) is 0 Å². The molecule has 7 nitrogen and oxygen atoms in total. The zero-order chi connectivity index (χ0) is 24.0. The Morgan fingerprint density at radius 3 is 2.59 bits per heavy atom. The first kappa shape index (κ1) is 22.3. The second-order valence-corrected chi connectivity index (χ2v) is 9.33. The van der Waals surface area contributed by atoms with Crippen LogP contribution in [0.15, 0.2) is 42.5 Å². The third-order valence-corrected chi connectivity index (χ3v) is 7.45. The monoisotopic (exact) mass is 464 g/mol. The second kappa shape index (κ2) is 8.34. The van der Waals surface area contributed by atoms with Gasteiger partial charge in [-0.2, -0.15) is 0 Å². The number of piperidine rings is 1. The molecule has 1 spiro atoms. The predicted molar refractivity (Wildman–Crippen MR) is 129 cm³/mol. The van der Waals surface area contributed by atoms with E-state index in [0.29, 0.717) is 32.5 Å². The number of H-pyrrole nitrogens is 1. The summed E-state index contributed by atoms with van der Waals surface area (Å²) < 4.78 is 19.4. The Bertz CT molecular complexity index is 1260. The van der Waals surface area contributed by atoms with E-state index < -0.39 is 5.82 Å². The third-order valence-electron chi connectivity index (χ3n) is 7.45. The summed E-state index contributed by atoms with van der Waals surface area (Å²) in [5.74, 6) is 0.353. The number of nitrogens with zero attached hydrogens (tertiary/aromatic N) is 2. The Morgan fingerprint density at radius 2 is 1.91 bits per heavy atom. The molecule has 178 valence electrons. The molecule has 0 radical (unpaired) electrons. The average molecular weight is 465 g/mol. The molecule has 0 aliphatic carbocycles. The highest BCUT2D eigenvalue weighted by atomic mass is 19.1. The lowest BCUT2D eigenvalue weighted by atomic mass is 9.68. The summed E-state index contributed by atoms with van der Waals surface area (Å²) in [6.07, 6.45) is 1.42. The molecule has 1 fully saturated rings. The molecule has 2 aromatic carbocycles. The average Bonchev–Trinajstić information content (AvgIpc) is 3.23. The Morgan fingerprint density at radius 1 is 1.18 bits per heavy atom. The van der Waals surface area contributed by atoms with Crippen LogP contribution in [0, 0.1) is 5.82 Å². The molecule has 2 aliphatic rings. The number of carbonyl (C=O) groups is 2. The number of ether oxygens (including phenoxy) is 1. The highest BCUT2D eigenvalue weighted by Crippen LogP contribution is 2.49. The van der Waals surface area contributed by atoms with Gasteiger partial charge in [0, 0.05) is 54.6 Å². The van der Waals surface area contributed by atoms with E-state index in [1.807, 2.05) is 17.0 Å². The van der Waals surface area contributed by atoms with E-state index in [1.165, 1.54) is 11.6 Å². The molecule has 3 heterocycles. The van der Waals surface area contributed by atoms with E-state index >= 15 is 0 Å². The van der Waals surface area contributed by atoms with Gasteiger partial charge in [0.25, 0.3) is 0 Å². The molecule has 2 N–H and O–H groups in total. The van der Waals surface area contributed by atoms with Crippen LogP contribution >= 0.6 is 0 Å². The highest BCUT2D eigenvalue weighted by molar-refractivity contribution is 5.90. The van der Waals surface area contributed by atoms with Crippen molar-refractivity contribution in [1.29, 1.82) is 0 Å². The molecule has 34 heavy (non-hydrogen) atoms. The van der Waals surface area contributed by atoms with Crippen LogP contribution in [0.2, 0.25) is 0 Å². The fourth-order valence-corrected chi connectivity index (χ4v) is 5.59. The van der Waals surface area contributed by atoms with Crippen LogP contribution in [0.25, 0.3) is 10.9 Å². The first-order chi connectivity index (χ1) is 16.3. The van der Waals surface area contributed by atoms with Crippen LogP contribution in [0.1, 0.15) is 44.0 Å². The van der Waals surface area contributed by atoms with Gasteiger partial charge >= 0.3 is 6.03 Å². The number of urea groups is 1. The van der Waals surface area contributed by atoms with Gasteiger partial charge in [-0.1, -0.05) is 12.1 Å². The lowest BCUT2D eigenvalue weighted by molar-refractivity contribution is -0.133. The number of anilines is 1. The van der Waals surface area contributed by atoms with Crippen molar-refractivity contribution in [2.75, 3.05) is 32.1 Å². The summed E-state index contributed by atoms with van der Waals surface area (Å²) in [7, 11) is 1.65. The lowest BCUT2D eigenvalue weighted by Crippen LogP contribution is -2.55. The summed E-state index contributed by atoms with van der Waals surface area (Å²) in [5, 5.41) is 3.82. The number of halogens is 1. The molecular formula is C26H29FN4O3. The maximum atomic E-state index is 14.0. The zero-order valence-electron chi connectivity index (χ0n) is 19.7. The van der Waals surface area contributed by atoms with Crippen LogP contribution in [0.5, 0.6) is 5.75 Å². The minimum atomic E-state index is -0.457. The number of para-hydroxylation sites is 1. The van der Waals surface area contributed by atoms with Crippen LogP contribution in [-0.4, -0.2) is 53.5 Å². The molecular weight excluding hydrogens is 435 g/mol. The van der Waals surface area contributed by atoms with Crippen molar-refractivity contribution in [2.45, 2.75) is 38.1 Å². The standard InChI is InChI=1S/C26H29FN4O3/c1-16-24-23(19-9-8-18(34-3)14-22(19)28-24)26(15-31(16)17(2)32)10-12-30(13-11-26)25(33)29-21-7-5-4-6-20(21)27/h4-9,14,16,28H,10-13,15H2,1-3H3,(H,29,33)/t16-/m0/s1. The number of methoxy groups -OCH3 is 1. The molecule has 1 atom stereocenters. The zero-order valence-corrected chi connectivity index (χ0v) is 19.7. The van der Waals surface area contributed by atoms with Crippen molar-refractivity contribution >= 4 is 28.5 Å². The Balaban J connectivity index is 1.46. The SMILES string of the molecule is COc1ccc2c3c([nH]c2c1)[C@H](C)N(C(C)=O)CC31CCN(C(=O)Nc2ccccc2F)CC1. The Kier molecular flexibility index (Phi) is 5.46. The normalized spacial score (nSPS) is 19.2. The first-order valence-corrected chi connectivity index (χ1v) is 11.6. The molecule has 1 aromatic heterocycles. The molecule has 0 saturated carbocycles. The van der Waals surface area contributed by atoms with Gasteiger partial charge in [0.15, 0.2) is 0 Å². The first-order valence-electron chi connectivity index (χ1n) is 11.6. The third kappa shape index (κ3) is 3.57. The molecule has 0 bridgehead atoms. The molecule has 2 aliphatic heterocycles. The fraction of sp³-hybridized carbons (Fsp3) is 0.385. The molecule has 0 unspecified atom stereocenters. The van der Waals surface area contributed by atoms with Crippen LogP contribution < -0.4 is 10.1 Å². The number of fused-ring (bicyclic) bond motifs is 4. The van der Waals surface area contributed by atoms with Crippen molar-refractivity contribution in [3.05, 3.63) is 59.5 Å². The van der Waals surface area contributed by atoms with Gasteiger partial charge in [-0.05, 0) is 49.6 Å². The summed E-state index contributed by atoms with van der Waals surface area (Å²) >= 11 is 0. The maximum Gasteiger partial charge on any atom is 0.321 e. The van der Waals surface area contributed by atoms with Crippen LogP contribution in [-0.2, 0) is 10.2 Å². The number of hydrogen-bond donors (Lipinski definition) is 2. The molecule has 8 heteroatoms. The number of nitrogens with one attached hydrogen (secondary N) is 2. The lowest BCUT2D eigenvalue weighted by Gasteiger charge is -2.49. The van der Waals surface area contributed by atoms with Crippen LogP contribution in [0.3, 0.4) is 0 Å². The summed E-state index contributed by atoms with van der Waals surface area (Å²) in [6, 6.07) is 11.8. The van der Waals surface area contributed by atoms with Crippen molar-refractivity contribution in [1.82, 2.24) is 14.8 Å². The number of rotatable bonds is 2. The summed E-state index contributed by atoms with van der Waals surface area (Å²) in [5.41, 5.74) is 3.18. The Labute approximate surface area is 197 Å². The highest BCUT2D eigenvalue weighted by Gasteiger charge is 2.47. The predicted octanol–water partition coefficient (Wildman–Crippen LogP) is 4.80. The van der Waals surface area contributed by atoms with Gasteiger partial charge in [-0.15, -0.1) is 0 Å². The summed E-state index contributed by atoms with van der Waals surface area (Å²) in [6.45, 7) is 5.30. The van der Waals surface area contributed by atoms with Gasteiger partial charge in [-0.3, -0.25) is 4.79 Å². The molecule has 3 aromatic rings. The number of benzene rings is 2. The molecule has 1 saturated heterocycles. The van der Waals surface area contributed by atoms with E-state index in [4.69, 9.17) is 4.74 Å². The van der Waals surface area contributed by atoms with Crippen molar-refractivity contribution in [3.8, 4) is 5.75 Å². The van der Waals surface area contributed by atoms with E-state index in [9.17, 15) is 14.0 Å². The smallest absolute Gasteiger partial charge is 0.321 e. The van der Waals surface area contributed by atoms with Crippen molar-refractivity contribution in [3.63, 3.8) is 0 Å². The van der Waals surface area contributed by atoms with Gasteiger partial charge < -0.3 is 24.8 Å². The topological polar surface area (TPSA) is 77.7 Å². The minimum Gasteiger partial charge on any atom is -0.497 e. The van der Waals surface area contributed by atoms with E-state index in [2.05, 4.69) is 23.3 Å². The second-order valence-electron chi connectivity index (χ2n) is 9.33. The van der Waals surface area contributed by atoms with Gasteiger partial charge in [0.1, 0.15) is 11.6 Å². The fourth-order valence-electron chi connectivity index (χ4n) is 5.59. The number of aromatic amines is 1. The largest absolute Gasteiger partial charge is 0.497 e. The quantitative estimate of drug-likeness (QED) is 0.572. The number of aromatic nitrogens is 1. The number of likely N-dealkylation sites (tertiary alicyclic amines) is 1. The summed E-state index contributed by atoms with van der Waals surface area (Å²) in [4.78, 5) is 32.6. The number of carbonyl (C=O) groups excluding carboxylic acids is 2. The van der Waals surface area contributed by atoms with E-state index in [1.54, 1.807) is 37.1 Å². The minimum absolute atomic E-state index is 0.0356. The molecule has 5 rings (SSSR count). The maximum absolute atomic E-state index is 14.0. The van der Waals surface area contributed by atoms with Crippen LogP contribution in [0.4, 0.5) is 14.9 Å². The van der Waals surface area contributed by atoms with E-state index in [0.717, 1.165) is 22.3 Å². The molecule has 3 amide bonds. The van der Waals surface area contributed by atoms with Gasteiger partial charge in [-0.25, -0.2) is 9.18 Å². The van der Waals surface area contributed by atoms with Crippen molar-refractivity contribution < 1.29 is 18.7 Å². The van der Waals surface area contributed by atoms with Gasteiger partial charge in [0.2, 0.25) is 5.91 Å². The number of hydrogen-bond acceptors (Lipinski definition) is 3. The van der Waals surface area contributed by atoms with Gasteiger partial charge in [0.05, 0.1) is 18.8 Å².